The van der Waals surface area contributed by atoms with Crippen molar-refractivity contribution in [2.45, 2.75) is 36.5 Å². The van der Waals surface area contributed by atoms with E-state index in [1.807, 2.05) is 24.3 Å². The second-order valence-corrected chi connectivity index (χ2v) is 7.83. The molecular formula is C20H19ClF2N2O2S. The zero-order chi connectivity index (χ0) is 20.3. The molecular weight excluding hydrogens is 406 g/mol. The van der Waals surface area contributed by atoms with Crippen LogP contribution in [0.1, 0.15) is 30.5 Å². The van der Waals surface area contributed by atoms with Gasteiger partial charge in [-0.2, -0.15) is 8.78 Å². The number of alkyl halides is 2. The van der Waals surface area contributed by atoms with Crippen molar-refractivity contribution in [2.24, 2.45) is 0 Å². The van der Waals surface area contributed by atoms with Gasteiger partial charge in [-0.05, 0) is 29.7 Å². The molecule has 3 rings (SSSR count). The highest BCUT2D eigenvalue weighted by molar-refractivity contribution is 7.99. The third-order valence-electron chi connectivity index (χ3n) is 4.64. The molecule has 1 N–H and O–H groups in total. The van der Waals surface area contributed by atoms with E-state index >= 15 is 0 Å². The van der Waals surface area contributed by atoms with Crippen molar-refractivity contribution in [1.29, 1.82) is 0 Å². The van der Waals surface area contributed by atoms with Gasteiger partial charge in [-0.3, -0.25) is 9.59 Å². The van der Waals surface area contributed by atoms with Crippen LogP contribution in [0.5, 0.6) is 0 Å². The lowest BCUT2D eigenvalue weighted by Crippen LogP contribution is -2.40. The molecule has 8 heteroatoms. The Balaban J connectivity index is 1.83. The maximum Gasteiger partial charge on any atom is 0.289 e. The highest BCUT2D eigenvalue weighted by Crippen LogP contribution is 2.38. The Morgan fingerprint density at radius 2 is 2.00 bits per heavy atom. The summed E-state index contributed by atoms with van der Waals surface area (Å²) in [4.78, 5) is 26.6. The molecule has 1 heterocycles. The Labute approximate surface area is 171 Å². The summed E-state index contributed by atoms with van der Waals surface area (Å²) in [6, 6.07) is 11.9. The first-order chi connectivity index (χ1) is 13.4. The standard InChI is InChI=1S/C20H19ClF2N2O2S/c1-12(26)25-10-9-13-5-2-3-6-14(13)17(25)11-18(27)24-16-8-4-7-15(21)19(16)28-20(22)23/h2-8,17,20H,9-11H2,1H3,(H,24,27). The van der Waals surface area contributed by atoms with Crippen LogP contribution in [0.15, 0.2) is 47.4 Å². The van der Waals surface area contributed by atoms with E-state index in [4.69, 9.17) is 11.6 Å². The number of carbonyl (C=O) groups is 2. The number of rotatable bonds is 5. The maximum atomic E-state index is 12.8. The average molecular weight is 425 g/mol. The van der Waals surface area contributed by atoms with Crippen LogP contribution in [0.2, 0.25) is 5.02 Å². The van der Waals surface area contributed by atoms with Gasteiger partial charge in [0.1, 0.15) is 0 Å². The Kier molecular flexibility index (Phi) is 6.57. The SMILES string of the molecule is CC(=O)N1CCc2ccccc2C1CC(=O)Nc1cccc(Cl)c1SC(F)F. The Morgan fingerprint density at radius 3 is 2.71 bits per heavy atom. The Bertz CT molecular complexity index is 894. The minimum atomic E-state index is -2.66. The van der Waals surface area contributed by atoms with Gasteiger partial charge in [0, 0.05) is 13.5 Å². The number of hydrogen-bond acceptors (Lipinski definition) is 3. The van der Waals surface area contributed by atoms with Crippen molar-refractivity contribution < 1.29 is 18.4 Å². The van der Waals surface area contributed by atoms with E-state index in [1.54, 1.807) is 11.0 Å². The van der Waals surface area contributed by atoms with E-state index in [9.17, 15) is 18.4 Å². The van der Waals surface area contributed by atoms with Crippen molar-refractivity contribution in [3.63, 3.8) is 0 Å². The Morgan fingerprint density at radius 1 is 1.25 bits per heavy atom. The van der Waals surface area contributed by atoms with Gasteiger partial charge in [-0.1, -0.05) is 53.7 Å². The zero-order valence-corrected chi connectivity index (χ0v) is 16.7. The highest BCUT2D eigenvalue weighted by Gasteiger charge is 2.30. The molecule has 0 radical (unpaired) electrons. The minimum absolute atomic E-state index is 0.0297. The van der Waals surface area contributed by atoms with Gasteiger partial charge in [0.15, 0.2) is 0 Å². The van der Waals surface area contributed by atoms with Gasteiger partial charge in [-0.25, -0.2) is 0 Å². The summed E-state index contributed by atoms with van der Waals surface area (Å²) in [6.45, 7) is 2.02. The fourth-order valence-corrected chi connectivity index (χ4v) is 4.35. The predicted molar refractivity (Wildman–Crippen MR) is 107 cm³/mol. The molecule has 0 fully saturated rings. The topological polar surface area (TPSA) is 49.4 Å². The van der Waals surface area contributed by atoms with Crippen LogP contribution in [0.3, 0.4) is 0 Å². The number of anilines is 1. The molecule has 0 saturated carbocycles. The molecule has 2 amide bonds. The predicted octanol–water partition coefficient (Wildman–Crippen LogP) is 5.13. The Hall–Kier alpha value is -2.12. The number of fused-ring (bicyclic) bond motifs is 1. The summed E-state index contributed by atoms with van der Waals surface area (Å²) in [5.74, 6) is -3.13. The third-order valence-corrected chi connectivity index (χ3v) is 5.92. The first-order valence-electron chi connectivity index (χ1n) is 8.75. The molecule has 1 unspecified atom stereocenters. The van der Waals surface area contributed by atoms with E-state index in [1.165, 1.54) is 19.1 Å². The van der Waals surface area contributed by atoms with E-state index in [0.29, 0.717) is 6.54 Å². The molecule has 2 aromatic carbocycles. The van der Waals surface area contributed by atoms with Crippen molar-refractivity contribution in [3.8, 4) is 0 Å². The lowest BCUT2D eigenvalue weighted by atomic mass is 9.90. The molecule has 0 aromatic heterocycles. The quantitative estimate of drug-likeness (QED) is 0.677. The summed E-state index contributed by atoms with van der Waals surface area (Å²) in [6.07, 6.45) is 0.763. The molecule has 0 aliphatic carbocycles. The fraction of sp³-hybridized carbons (Fsp3) is 0.300. The number of thioether (sulfide) groups is 1. The average Bonchev–Trinajstić information content (AvgIpc) is 2.64. The van der Waals surface area contributed by atoms with Crippen LogP contribution in [-0.4, -0.2) is 29.0 Å². The summed E-state index contributed by atoms with van der Waals surface area (Å²) in [5, 5.41) is 2.83. The van der Waals surface area contributed by atoms with Crippen molar-refractivity contribution in [1.82, 2.24) is 4.90 Å². The van der Waals surface area contributed by atoms with Gasteiger partial charge < -0.3 is 10.2 Å². The first kappa shape index (κ1) is 20.6. The van der Waals surface area contributed by atoms with E-state index < -0.39 is 11.8 Å². The monoisotopic (exact) mass is 424 g/mol. The smallest absolute Gasteiger partial charge is 0.289 e. The summed E-state index contributed by atoms with van der Waals surface area (Å²) in [5.41, 5.74) is 2.28. The molecule has 4 nitrogen and oxygen atoms in total. The van der Waals surface area contributed by atoms with E-state index in [-0.39, 0.29) is 45.6 Å². The maximum absolute atomic E-state index is 12.8. The van der Waals surface area contributed by atoms with Gasteiger partial charge in [-0.15, -0.1) is 0 Å². The number of benzene rings is 2. The fourth-order valence-electron chi connectivity index (χ4n) is 3.44. The van der Waals surface area contributed by atoms with Crippen molar-refractivity contribution >= 4 is 40.9 Å². The summed E-state index contributed by atoms with van der Waals surface area (Å²) in [7, 11) is 0. The zero-order valence-electron chi connectivity index (χ0n) is 15.1. The largest absolute Gasteiger partial charge is 0.335 e. The first-order valence-corrected chi connectivity index (χ1v) is 10.0. The summed E-state index contributed by atoms with van der Waals surface area (Å²) >= 11 is 6.31. The summed E-state index contributed by atoms with van der Waals surface area (Å²) < 4.78 is 25.7. The van der Waals surface area contributed by atoms with Gasteiger partial charge in [0.2, 0.25) is 11.8 Å². The number of halogens is 3. The van der Waals surface area contributed by atoms with Gasteiger partial charge >= 0.3 is 0 Å². The second-order valence-electron chi connectivity index (χ2n) is 6.42. The van der Waals surface area contributed by atoms with Crippen LogP contribution in [0, 0.1) is 0 Å². The van der Waals surface area contributed by atoms with Crippen LogP contribution >= 0.6 is 23.4 Å². The third kappa shape index (κ3) is 4.64. The number of nitrogens with one attached hydrogen (secondary N) is 1. The molecule has 2 aromatic rings. The number of amides is 2. The normalized spacial score (nSPS) is 16.0. The van der Waals surface area contributed by atoms with Gasteiger partial charge in [0.25, 0.3) is 5.76 Å². The minimum Gasteiger partial charge on any atom is -0.335 e. The van der Waals surface area contributed by atoms with E-state index in [0.717, 1.165) is 17.5 Å². The molecule has 0 saturated heterocycles. The number of hydrogen-bond donors (Lipinski definition) is 1. The van der Waals surface area contributed by atoms with Crippen molar-refractivity contribution in [3.05, 3.63) is 58.6 Å². The van der Waals surface area contributed by atoms with Crippen LogP contribution in [-0.2, 0) is 16.0 Å². The van der Waals surface area contributed by atoms with Crippen molar-refractivity contribution in [2.75, 3.05) is 11.9 Å². The lowest BCUT2D eigenvalue weighted by Gasteiger charge is -2.36. The molecule has 1 atom stereocenters. The number of carbonyl (C=O) groups excluding carboxylic acids is 2. The lowest BCUT2D eigenvalue weighted by molar-refractivity contribution is -0.132. The molecule has 0 bridgehead atoms. The molecule has 0 spiro atoms. The van der Waals surface area contributed by atoms with Crippen LogP contribution in [0.4, 0.5) is 14.5 Å². The number of nitrogens with zero attached hydrogens (tertiary/aromatic N) is 1. The van der Waals surface area contributed by atoms with Crippen LogP contribution < -0.4 is 5.32 Å². The van der Waals surface area contributed by atoms with Crippen LogP contribution in [0.25, 0.3) is 0 Å². The molecule has 148 valence electrons. The second kappa shape index (κ2) is 8.92. The highest BCUT2D eigenvalue weighted by atomic mass is 35.5. The molecule has 1 aliphatic heterocycles. The molecule has 1 aliphatic rings. The van der Waals surface area contributed by atoms with Gasteiger partial charge in [0.05, 0.1) is 28.1 Å². The molecule has 28 heavy (non-hydrogen) atoms. The van der Waals surface area contributed by atoms with E-state index in [2.05, 4.69) is 5.32 Å².